The molecule has 10 heteroatoms. The van der Waals surface area contributed by atoms with Crippen LogP contribution in [0.15, 0.2) is 29.2 Å². The first kappa shape index (κ1) is 23.0. The highest BCUT2D eigenvalue weighted by molar-refractivity contribution is 7.89. The van der Waals surface area contributed by atoms with Gasteiger partial charge in [0.1, 0.15) is 10.7 Å². The third kappa shape index (κ3) is 4.76. The van der Waals surface area contributed by atoms with Gasteiger partial charge >= 0.3 is 6.03 Å². The maximum Gasteiger partial charge on any atom is 0.320 e. The first-order valence-corrected chi connectivity index (χ1v) is 12.9. The van der Waals surface area contributed by atoms with E-state index < -0.39 is 15.8 Å². The normalized spacial score (nSPS) is 21.6. The van der Waals surface area contributed by atoms with Crippen molar-refractivity contribution >= 4 is 22.0 Å². The molecule has 3 heterocycles. The fourth-order valence-electron chi connectivity index (χ4n) is 4.80. The van der Waals surface area contributed by atoms with Crippen LogP contribution < -0.4 is 0 Å². The van der Waals surface area contributed by atoms with Crippen molar-refractivity contribution in [2.45, 2.75) is 37.0 Å². The summed E-state index contributed by atoms with van der Waals surface area (Å²) in [5.41, 5.74) is 0. The molecule has 0 spiro atoms. The monoisotopic (exact) mass is 466 g/mol. The number of rotatable bonds is 3. The number of amides is 3. The first-order chi connectivity index (χ1) is 15.4. The van der Waals surface area contributed by atoms with Gasteiger partial charge in [0.05, 0.1) is 0 Å². The molecule has 0 atom stereocenters. The van der Waals surface area contributed by atoms with Gasteiger partial charge in [-0.2, -0.15) is 4.31 Å². The highest BCUT2D eigenvalue weighted by Gasteiger charge is 2.36. The van der Waals surface area contributed by atoms with E-state index in [1.54, 1.807) is 4.90 Å². The Bertz CT molecular complexity index is 935. The van der Waals surface area contributed by atoms with Crippen LogP contribution in [0.4, 0.5) is 9.18 Å². The molecule has 0 N–H and O–H groups in total. The molecule has 0 bridgehead atoms. The van der Waals surface area contributed by atoms with Crippen LogP contribution in [-0.2, 0) is 14.8 Å². The molecule has 32 heavy (non-hydrogen) atoms. The summed E-state index contributed by atoms with van der Waals surface area (Å²) in [7, 11) is -3.91. The van der Waals surface area contributed by atoms with E-state index in [2.05, 4.69) is 0 Å². The SMILES string of the molecule is O=C(C1CCN(S(=O)(=O)c2ccccc2F)CC1)N1CCN(C(=O)N2CCCCC2)CC1. The minimum Gasteiger partial charge on any atom is -0.339 e. The molecule has 0 unspecified atom stereocenters. The summed E-state index contributed by atoms with van der Waals surface area (Å²) in [4.78, 5) is 30.9. The summed E-state index contributed by atoms with van der Waals surface area (Å²) in [6, 6.07) is 5.44. The summed E-state index contributed by atoms with van der Waals surface area (Å²) >= 11 is 0. The second-order valence-electron chi connectivity index (χ2n) is 8.75. The van der Waals surface area contributed by atoms with Gasteiger partial charge in [0, 0.05) is 58.3 Å². The number of nitrogens with zero attached hydrogens (tertiary/aromatic N) is 4. The van der Waals surface area contributed by atoms with Crippen LogP contribution in [0.25, 0.3) is 0 Å². The summed E-state index contributed by atoms with van der Waals surface area (Å²) in [5, 5.41) is 0. The number of likely N-dealkylation sites (tertiary alicyclic amines) is 1. The van der Waals surface area contributed by atoms with Crippen LogP contribution in [0.5, 0.6) is 0 Å². The largest absolute Gasteiger partial charge is 0.339 e. The molecule has 3 aliphatic heterocycles. The lowest BCUT2D eigenvalue weighted by Gasteiger charge is -2.40. The Kier molecular flexibility index (Phi) is 6.99. The average Bonchev–Trinajstić information content (AvgIpc) is 2.84. The van der Waals surface area contributed by atoms with Crippen LogP contribution in [-0.4, -0.2) is 91.7 Å². The van der Waals surface area contributed by atoms with Gasteiger partial charge in [0.25, 0.3) is 0 Å². The number of sulfonamides is 1. The highest BCUT2D eigenvalue weighted by atomic mass is 32.2. The van der Waals surface area contributed by atoms with Crippen molar-refractivity contribution < 1.29 is 22.4 Å². The van der Waals surface area contributed by atoms with Gasteiger partial charge in [-0.25, -0.2) is 17.6 Å². The number of piperazine rings is 1. The Labute approximate surface area is 189 Å². The number of piperidine rings is 2. The van der Waals surface area contributed by atoms with Gasteiger partial charge in [-0.1, -0.05) is 12.1 Å². The summed E-state index contributed by atoms with van der Waals surface area (Å²) in [5.74, 6) is -0.980. The molecule has 0 saturated carbocycles. The quantitative estimate of drug-likeness (QED) is 0.682. The number of carbonyl (C=O) groups excluding carboxylic acids is 2. The standard InChI is InChI=1S/C22H31FN4O4S/c23-19-6-2-3-7-20(19)32(30,31)27-12-8-18(9-13-27)21(28)24-14-16-26(17-15-24)22(29)25-10-4-1-5-11-25/h2-3,6-7,18H,1,4-5,8-17H2. The van der Waals surface area contributed by atoms with Crippen molar-refractivity contribution in [1.29, 1.82) is 0 Å². The minimum atomic E-state index is -3.91. The fourth-order valence-corrected chi connectivity index (χ4v) is 6.33. The lowest BCUT2D eigenvalue weighted by atomic mass is 9.96. The molecule has 1 aromatic rings. The molecule has 1 aromatic carbocycles. The van der Waals surface area contributed by atoms with E-state index in [-0.39, 0.29) is 35.8 Å². The van der Waals surface area contributed by atoms with Crippen molar-refractivity contribution in [1.82, 2.24) is 19.0 Å². The van der Waals surface area contributed by atoms with E-state index >= 15 is 0 Å². The van der Waals surface area contributed by atoms with Crippen molar-refractivity contribution in [3.8, 4) is 0 Å². The fraction of sp³-hybridized carbons (Fsp3) is 0.636. The summed E-state index contributed by atoms with van der Waals surface area (Å²) in [6.07, 6.45) is 4.11. The van der Waals surface area contributed by atoms with E-state index in [1.807, 2.05) is 9.80 Å². The number of carbonyl (C=O) groups is 2. The molecule has 3 amide bonds. The first-order valence-electron chi connectivity index (χ1n) is 11.5. The maximum atomic E-state index is 14.0. The number of hydrogen-bond acceptors (Lipinski definition) is 4. The second kappa shape index (κ2) is 9.74. The van der Waals surface area contributed by atoms with E-state index in [4.69, 9.17) is 0 Å². The minimum absolute atomic E-state index is 0.0259. The molecular weight excluding hydrogens is 435 g/mol. The van der Waals surface area contributed by atoms with Crippen molar-refractivity contribution in [2.75, 3.05) is 52.4 Å². The molecule has 3 fully saturated rings. The lowest BCUT2D eigenvalue weighted by Crippen LogP contribution is -2.56. The zero-order chi connectivity index (χ0) is 22.7. The van der Waals surface area contributed by atoms with E-state index in [0.717, 1.165) is 32.0 Å². The van der Waals surface area contributed by atoms with Crippen molar-refractivity contribution in [3.63, 3.8) is 0 Å². The molecule has 3 aliphatic rings. The highest BCUT2D eigenvalue weighted by Crippen LogP contribution is 2.27. The number of benzene rings is 1. The maximum absolute atomic E-state index is 14.0. The zero-order valence-electron chi connectivity index (χ0n) is 18.3. The van der Waals surface area contributed by atoms with Crippen LogP contribution >= 0.6 is 0 Å². The Balaban J connectivity index is 1.28. The average molecular weight is 467 g/mol. The zero-order valence-corrected chi connectivity index (χ0v) is 19.1. The second-order valence-corrected chi connectivity index (χ2v) is 10.7. The molecule has 8 nitrogen and oxygen atoms in total. The number of hydrogen-bond donors (Lipinski definition) is 0. The van der Waals surface area contributed by atoms with Gasteiger partial charge in [-0.3, -0.25) is 4.79 Å². The van der Waals surface area contributed by atoms with Gasteiger partial charge in [0.2, 0.25) is 15.9 Å². The van der Waals surface area contributed by atoms with E-state index in [0.29, 0.717) is 39.0 Å². The summed E-state index contributed by atoms with van der Waals surface area (Å²) < 4.78 is 40.8. The lowest BCUT2D eigenvalue weighted by molar-refractivity contribution is -0.138. The van der Waals surface area contributed by atoms with Crippen molar-refractivity contribution in [3.05, 3.63) is 30.1 Å². The molecular formula is C22H31FN4O4S. The van der Waals surface area contributed by atoms with E-state index in [1.165, 1.54) is 28.9 Å². The smallest absolute Gasteiger partial charge is 0.320 e. The molecule has 0 aromatic heterocycles. The number of urea groups is 1. The molecule has 176 valence electrons. The van der Waals surface area contributed by atoms with Crippen LogP contribution in [0.3, 0.4) is 0 Å². The van der Waals surface area contributed by atoms with Gasteiger partial charge in [-0.05, 0) is 44.2 Å². The van der Waals surface area contributed by atoms with Gasteiger partial charge in [0.15, 0.2) is 0 Å². The Hall–Kier alpha value is -2.20. The van der Waals surface area contributed by atoms with Crippen molar-refractivity contribution in [2.24, 2.45) is 5.92 Å². The Morgan fingerprint density at radius 1 is 0.781 bits per heavy atom. The Morgan fingerprint density at radius 3 is 1.97 bits per heavy atom. The topological polar surface area (TPSA) is 81.2 Å². The van der Waals surface area contributed by atoms with Crippen LogP contribution in [0.1, 0.15) is 32.1 Å². The van der Waals surface area contributed by atoms with E-state index in [9.17, 15) is 22.4 Å². The predicted molar refractivity (Wildman–Crippen MR) is 117 cm³/mol. The van der Waals surface area contributed by atoms with Crippen LogP contribution in [0.2, 0.25) is 0 Å². The third-order valence-electron chi connectivity index (χ3n) is 6.75. The molecule has 3 saturated heterocycles. The van der Waals surface area contributed by atoms with Crippen LogP contribution in [0, 0.1) is 11.7 Å². The third-order valence-corrected chi connectivity index (χ3v) is 8.68. The Morgan fingerprint density at radius 2 is 1.34 bits per heavy atom. The summed E-state index contributed by atoms with van der Waals surface area (Å²) in [6.45, 7) is 4.08. The van der Waals surface area contributed by atoms with Gasteiger partial charge in [-0.15, -0.1) is 0 Å². The number of halogens is 1. The predicted octanol–water partition coefficient (Wildman–Crippen LogP) is 1.98. The molecule has 0 radical (unpaired) electrons. The molecule has 0 aliphatic carbocycles. The molecule has 4 rings (SSSR count). The van der Waals surface area contributed by atoms with Gasteiger partial charge < -0.3 is 14.7 Å².